The van der Waals surface area contributed by atoms with Crippen LogP contribution in [0.25, 0.3) is 10.9 Å². The van der Waals surface area contributed by atoms with Gasteiger partial charge in [0.2, 0.25) is 0 Å². The molecule has 0 unspecified atom stereocenters. The van der Waals surface area contributed by atoms with Gasteiger partial charge in [0.15, 0.2) is 5.71 Å². The van der Waals surface area contributed by atoms with E-state index in [1.807, 2.05) is 0 Å². The summed E-state index contributed by atoms with van der Waals surface area (Å²) in [7, 11) is 0. The molecule has 0 bridgehead atoms. The van der Waals surface area contributed by atoms with Gasteiger partial charge in [0.1, 0.15) is 0 Å². The Kier molecular flexibility index (Phi) is 2.79. The van der Waals surface area contributed by atoms with E-state index >= 15 is 0 Å². The smallest absolute Gasteiger partial charge is 0.411 e. The summed E-state index contributed by atoms with van der Waals surface area (Å²) < 4.78 is 37.2. The van der Waals surface area contributed by atoms with Gasteiger partial charge in [0.25, 0.3) is 0 Å². The van der Waals surface area contributed by atoms with E-state index in [9.17, 15) is 13.2 Å². The van der Waals surface area contributed by atoms with Crippen LogP contribution in [-0.4, -0.2) is 22.1 Å². The molecule has 0 spiro atoms. The number of fused-ring (bicyclic) bond motifs is 1. The Balaban J connectivity index is 2.36. The lowest BCUT2D eigenvalue weighted by molar-refractivity contribution is -0.0622. The van der Waals surface area contributed by atoms with Gasteiger partial charge in [-0.2, -0.15) is 13.2 Å². The normalized spacial score (nSPS) is 13.2. The van der Waals surface area contributed by atoms with E-state index in [1.165, 1.54) is 6.20 Å². The number of nitrogens with one attached hydrogen (secondary N) is 1. The number of aromatic nitrogens is 1. The number of para-hydroxylation sites is 1. The number of alkyl halides is 3. The first-order valence-electron chi connectivity index (χ1n) is 4.85. The molecule has 0 radical (unpaired) electrons. The molecule has 6 heteroatoms. The van der Waals surface area contributed by atoms with Gasteiger partial charge in [0, 0.05) is 23.5 Å². The highest BCUT2D eigenvalue weighted by Gasteiger charge is 2.36. The molecule has 2 N–H and O–H groups in total. The van der Waals surface area contributed by atoms with E-state index in [0.717, 1.165) is 5.52 Å². The number of aromatic amines is 1. The summed E-state index contributed by atoms with van der Waals surface area (Å²) >= 11 is 0. The summed E-state index contributed by atoms with van der Waals surface area (Å²) in [6.07, 6.45) is -3.58. The Morgan fingerprint density at radius 1 is 1.29 bits per heavy atom. The third-order valence-corrected chi connectivity index (χ3v) is 2.48. The van der Waals surface area contributed by atoms with Gasteiger partial charge in [-0.1, -0.05) is 23.4 Å². The number of benzene rings is 1. The minimum atomic E-state index is -4.62. The molecule has 2 aromatic rings. The summed E-state index contributed by atoms with van der Waals surface area (Å²) in [6, 6.07) is 7.01. The van der Waals surface area contributed by atoms with Crippen LogP contribution in [0.15, 0.2) is 35.6 Å². The molecule has 0 saturated heterocycles. The number of hydrogen-bond acceptors (Lipinski definition) is 2. The molecule has 17 heavy (non-hydrogen) atoms. The standard InChI is InChI=1S/C11H9F3N2O/c12-11(13,14)10(16-17)5-7-6-15-9-4-2-1-3-8(7)9/h1-4,6,15,17H,5H2/b16-10-. The molecule has 90 valence electrons. The highest BCUT2D eigenvalue weighted by Crippen LogP contribution is 2.24. The van der Waals surface area contributed by atoms with Crippen molar-refractivity contribution < 1.29 is 18.4 Å². The van der Waals surface area contributed by atoms with Crippen molar-refractivity contribution >= 4 is 16.6 Å². The summed E-state index contributed by atoms with van der Waals surface area (Å²) in [6.45, 7) is 0. The molecule has 0 aliphatic carbocycles. The highest BCUT2D eigenvalue weighted by atomic mass is 19.4. The fourth-order valence-corrected chi connectivity index (χ4v) is 1.65. The molecule has 0 aliphatic rings. The van der Waals surface area contributed by atoms with Crippen LogP contribution in [0, 0.1) is 0 Å². The summed E-state index contributed by atoms with van der Waals surface area (Å²) in [5.74, 6) is 0. The molecule has 0 amide bonds. The number of nitrogens with zero attached hydrogens (tertiary/aromatic N) is 1. The van der Waals surface area contributed by atoms with Crippen LogP contribution >= 0.6 is 0 Å². The van der Waals surface area contributed by atoms with Crippen molar-refractivity contribution in [3.63, 3.8) is 0 Å². The first-order chi connectivity index (χ1) is 8.02. The molecule has 1 aromatic heterocycles. The average Bonchev–Trinajstić information content (AvgIpc) is 2.67. The predicted octanol–water partition coefficient (Wildman–Crippen LogP) is 3.10. The fraction of sp³-hybridized carbons (Fsp3) is 0.182. The maximum Gasteiger partial charge on any atom is 0.433 e. The number of oxime groups is 1. The molecule has 0 atom stereocenters. The Bertz CT molecular complexity index is 557. The van der Waals surface area contributed by atoms with Gasteiger partial charge in [-0.05, 0) is 11.6 Å². The largest absolute Gasteiger partial charge is 0.433 e. The molecule has 0 aliphatic heterocycles. The SMILES string of the molecule is O/N=C(/Cc1c[nH]c2ccccc12)C(F)(F)F. The zero-order valence-corrected chi connectivity index (χ0v) is 8.62. The van der Waals surface area contributed by atoms with Crippen LogP contribution in [0.1, 0.15) is 5.56 Å². The van der Waals surface area contributed by atoms with Gasteiger partial charge < -0.3 is 10.2 Å². The second kappa shape index (κ2) is 4.12. The van der Waals surface area contributed by atoms with Gasteiger partial charge >= 0.3 is 6.18 Å². The Labute approximate surface area is 94.6 Å². The minimum absolute atomic E-state index is 0.450. The van der Waals surface area contributed by atoms with E-state index in [0.29, 0.717) is 10.9 Å². The van der Waals surface area contributed by atoms with Crippen LogP contribution in [0.3, 0.4) is 0 Å². The van der Waals surface area contributed by atoms with Crippen LogP contribution in [0.4, 0.5) is 13.2 Å². The van der Waals surface area contributed by atoms with Gasteiger partial charge in [-0.25, -0.2) is 0 Å². The number of rotatable bonds is 2. The Hall–Kier alpha value is -1.98. The van der Waals surface area contributed by atoms with Crippen LogP contribution in [-0.2, 0) is 6.42 Å². The molecular formula is C11H9F3N2O. The number of H-pyrrole nitrogens is 1. The van der Waals surface area contributed by atoms with Gasteiger partial charge in [0.05, 0.1) is 0 Å². The van der Waals surface area contributed by atoms with Gasteiger partial charge in [-0.15, -0.1) is 0 Å². The number of hydrogen-bond donors (Lipinski definition) is 2. The van der Waals surface area contributed by atoms with Crippen molar-refractivity contribution in [3.05, 3.63) is 36.0 Å². The molecule has 0 saturated carbocycles. The van der Waals surface area contributed by atoms with Crippen LogP contribution in [0.2, 0.25) is 0 Å². The van der Waals surface area contributed by atoms with Gasteiger partial charge in [-0.3, -0.25) is 0 Å². The van der Waals surface area contributed by atoms with Crippen molar-refractivity contribution in [2.45, 2.75) is 12.6 Å². The highest BCUT2D eigenvalue weighted by molar-refractivity contribution is 5.95. The zero-order valence-electron chi connectivity index (χ0n) is 8.62. The summed E-state index contributed by atoms with van der Waals surface area (Å²) in [5, 5.41) is 11.4. The fourth-order valence-electron chi connectivity index (χ4n) is 1.65. The molecule has 1 heterocycles. The van der Waals surface area contributed by atoms with Crippen molar-refractivity contribution in [2.24, 2.45) is 5.16 Å². The number of halogens is 3. The molecule has 0 fully saturated rings. The zero-order chi connectivity index (χ0) is 12.5. The minimum Gasteiger partial charge on any atom is -0.411 e. The lowest BCUT2D eigenvalue weighted by atomic mass is 10.1. The lowest BCUT2D eigenvalue weighted by Crippen LogP contribution is -2.25. The molecule has 1 aromatic carbocycles. The third kappa shape index (κ3) is 2.25. The predicted molar refractivity (Wildman–Crippen MR) is 57.3 cm³/mol. The lowest BCUT2D eigenvalue weighted by Gasteiger charge is -2.07. The van der Waals surface area contributed by atoms with Crippen molar-refractivity contribution in [3.8, 4) is 0 Å². The van der Waals surface area contributed by atoms with Crippen molar-refractivity contribution in [1.82, 2.24) is 4.98 Å². The van der Waals surface area contributed by atoms with E-state index < -0.39 is 18.3 Å². The third-order valence-electron chi connectivity index (χ3n) is 2.48. The van der Waals surface area contributed by atoms with E-state index in [2.05, 4.69) is 10.1 Å². The monoisotopic (exact) mass is 242 g/mol. The Morgan fingerprint density at radius 3 is 2.65 bits per heavy atom. The van der Waals surface area contributed by atoms with Crippen molar-refractivity contribution in [2.75, 3.05) is 0 Å². The first kappa shape index (κ1) is 11.5. The molecular weight excluding hydrogens is 233 g/mol. The topological polar surface area (TPSA) is 48.4 Å². The molecule has 3 nitrogen and oxygen atoms in total. The van der Waals surface area contributed by atoms with Crippen LogP contribution in [0.5, 0.6) is 0 Å². The van der Waals surface area contributed by atoms with E-state index in [-0.39, 0.29) is 0 Å². The van der Waals surface area contributed by atoms with Crippen LogP contribution < -0.4 is 0 Å². The second-order valence-corrected chi connectivity index (χ2v) is 3.58. The maximum atomic E-state index is 12.4. The summed E-state index contributed by atoms with van der Waals surface area (Å²) in [4.78, 5) is 2.87. The summed E-state index contributed by atoms with van der Waals surface area (Å²) in [5.41, 5.74) is -0.00468. The quantitative estimate of drug-likeness (QED) is 0.474. The second-order valence-electron chi connectivity index (χ2n) is 3.58. The first-order valence-corrected chi connectivity index (χ1v) is 4.85. The maximum absolute atomic E-state index is 12.4. The van der Waals surface area contributed by atoms with E-state index in [1.54, 1.807) is 24.3 Å². The Morgan fingerprint density at radius 2 is 2.00 bits per heavy atom. The molecule has 2 rings (SSSR count). The average molecular weight is 242 g/mol. The van der Waals surface area contributed by atoms with E-state index in [4.69, 9.17) is 5.21 Å². The van der Waals surface area contributed by atoms with Crippen molar-refractivity contribution in [1.29, 1.82) is 0 Å².